The lowest BCUT2D eigenvalue weighted by Crippen LogP contribution is -2.15. The SMILES string of the molecule is O=C(OC1CCCC1)c1ccc(F)c(S(=O)(=O)Cl)c1. The van der Waals surface area contributed by atoms with Crippen LogP contribution in [0.25, 0.3) is 0 Å². The van der Waals surface area contributed by atoms with Crippen molar-refractivity contribution in [1.29, 1.82) is 0 Å². The predicted molar refractivity (Wildman–Crippen MR) is 67.1 cm³/mol. The van der Waals surface area contributed by atoms with Crippen LogP contribution in [-0.2, 0) is 13.8 Å². The molecule has 0 atom stereocenters. The van der Waals surface area contributed by atoms with E-state index >= 15 is 0 Å². The summed E-state index contributed by atoms with van der Waals surface area (Å²) in [6.45, 7) is 0. The summed E-state index contributed by atoms with van der Waals surface area (Å²) in [6, 6.07) is 2.97. The third-order valence-corrected chi connectivity index (χ3v) is 4.34. The van der Waals surface area contributed by atoms with Gasteiger partial charge in [-0.25, -0.2) is 17.6 Å². The van der Waals surface area contributed by atoms with E-state index in [1.54, 1.807) is 0 Å². The summed E-state index contributed by atoms with van der Waals surface area (Å²) in [5, 5.41) is 0. The Morgan fingerprint density at radius 1 is 1.32 bits per heavy atom. The zero-order valence-corrected chi connectivity index (χ0v) is 11.5. The smallest absolute Gasteiger partial charge is 0.338 e. The Balaban J connectivity index is 2.23. The van der Waals surface area contributed by atoms with Crippen molar-refractivity contribution in [3.05, 3.63) is 29.6 Å². The standard InChI is InChI=1S/C12H12ClFO4S/c13-19(16,17)11-7-8(5-6-10(11)14)12(15)18-9-3-1-2-4-9/h5-7,9H,1-4H2. The van der Waals surface area contributed by atoms with Crippen LogP contribution < -0.4 is 0 Å². The van der Waals surface area contributed by atoms with Gasteiger partial charge < -0.3 is 4.74 Å². The first-order valence-corrected chi connectivity index (χ1v) is 8.14. The Kier molecular flexibility index (Phi) is 4.10. The molecule has 0 radical (unpaired) electrons. The van der Waals surface area contributed by atoms with Gasteiger partial charge in [-0.2, -0.15) is 0 Å². The Bertz CT molecular complexity index is 594. The van der Waals surface area contributed by atoms with E-state index in [1.807, 2.05) is 0 Å². The van der Waals surface area contributed by atoms with Gasteiger partial charge in [0.2, 0.25) is 0 Å². The molecule has 104 valence electrons. The van der Waals surface area contributed by atoms with E-state index in [4.69, 9.17) is 15.4 Å². The summed E-state index contributed by atoms with van der Waals surface area (Å²) in [5.74, 6) is -1.65. The van der Waals surface area contributed by atoms with Crippen LogP contribution >= 0.6 is 10.7 Å². The number of carbonyl (C=O) groups is 1. The Hall–Kier alpha value is -1.14. The molecule has 0 amide bonds. The second-order valence-electron chi connectivity index (χ2n) is 4.39. The predicted octanol–water partition coefficient (Wildman–Crippen LogP) is 2.85. The summed E-state index contributed by atoms with van der Waals surface area (Å²) >= 11 is 0. The normalized spacial score (nSPS) is 16.5. The fourth-order valence-corrected chi connectivity index (χ4v) is 2.97. The number of esters is 1. The fraction of sp³-hybridized carbons (Fsp3) is 0.417. The average Bonchev–Trinajstić information content (AvgIpc) is 2.80. The first-order chi connectivity index (χ1) is 8.88. The maximum Gasteiger partial charge on any atom is 0.338 e. The molecule has 0 heterocycles. The van der Waals surface area contributed by atoms with Gasteiger partial charge in [0, 0.05) is 10.7 Å². The van der Waals surface area contributed by atoms with Crippen molar-refractivity contribution in [2.24, 2.45) is 0 Å². The van der Waals surface area contributed by atoms with Crippen molar-refractivity contribution in [3.63, 3.8) is 0 Å². The quantitative estimate of drug-likeness (QED) is 0.636. The van der Waals surface area contributed by atoms with Crippen molar-refractivity contribution in [3.8, 4) is 0 Å². The number of halogens is 2. The maximum atomic E-state index is 13.3. The van der Waals surface area contributed by atoms with Gasteiger partial charge in [-0.3, -0.25) is 0 Å². The number of carbonyl (C=O) groups excluding carboxylic acids is 1. The summed E-state index contributed by atoms with van der Waals surface area (Å²) in [4.78, 5) is 11.1. The minimum absolute atomic E-state index is 0.0208. The summed E-state index contributed by atoms with van der Waals surface area (Å²) < 4.78 is 40.8. The highest BCUT2D eigenvalue weighted by atomic mass is 35.7. The van der Waals surface area contributed by atoms with Gasteiger partial charge in [0.05, 0.1) is 5.56 Å². The third-order valence-electron chi connectivity index (χ3n) is 3.01. The molecule has 0 N–H and O–H groups in total. The van der Waals surface area contributed by atoms with Gasteiger partial charge in [0.25, 0.3) is 9.05 Å². The number of benzene rings is 1. The zero-order chi connectivity index (χ0) is 14.0. The van der Waals surface area contributed by atoms with Gasteiger partial charge in [-0.15, -0.1) is 0 Å². The van der Waals surface area contributed by atoms with Crippen molar-refractivity contribution >= 4 is 25.7 Å². The molecule has 0 saturated heterocycles. The van der Waals surface area contributed by atoms with E-state index in [2.05, 4.69) is 0 Å². The molecule has 2 rings (SSSR count). The highest BCUT2D eigenvalue weighted by molar-refractivity contribution is 8.13. The lowest BCUT2D eigenvalue weighted by atomic mass is 10.2. The first kappa shape index (κ1) is 14.3. The second kappa shape index (κ2) is 5.46. The van der Waals surface area contributed by atoms with Gasteiger partial charge in [-0.1, -0.05) is 0 Å². The molecule has 0 bridgehead atoms. The molecule has 1 aliphatic carbocycles. The number of hydrogen-bond donors (Lipinski definition) is 0. The molecule has 0 aromatic heterocycles. The van der Waals surface area contributed by atoms with Crippen LogP contribution in [0.3, 0.4) is 0 Å². The average molecular weight is 307 g/mol. The number of hydrogen-bond acceptors (Lipinski definition) is 4. The van der Waals surface area contributed by atoms with Crippen LogP contribution in [0, 0.1) is 5.82 Å². The molecule has 1 aromatic carbocycles. The highest BCUT2D eigenvalue weighted by Gasteiger charge is 2.23. The second-order valence-corrected chi connectivity index (χ2v) is 6.93. The topological polar surface area (TPSA) is 60.4 Å². The molecule has 4 nitrogen and oxygen atoms in total. The van der Waals surface area contributed by atoms with Crippen molar-refractivity contribution in [1.82, 2.24) is 0 Å². The van der Waals surface area contributed by atoms with E-state index in [-0.39, 0.29) is 11.7 Å². The molecular weight excluding hydrogens is 295 g/mol. The molecule has 0 unspecified atom stereocenters. The van der Waals surface area contributed by atoms with Crippen LogP contribution in [-0.4, -0.2) is 20.5 Å². The van der Waals surface area contributed by atoms with Crippen LogP contribution in [0.15, 0.2) is 23.1 Å². The van der Waals surface area contributed by atoms with E-state index in [9.17, 15) is 17.6 Å². The molecule has 0 aliphatic heterocycles. The summed E-state index contributed by atoms with van der Waals surface area (Å²) in [7, 11) is 0.864. The van der Waals surface area contributed by atoms with Gasteiger partial charge in [0.15, 0.2) is 0 Å². The maximum absolute atomic E-state index is 13.3. The minimum atomic E-state index is -4.23. The molecule has 19 heavy (non-hydrogen) atoms. The Morgan fingerprint density at radius 3 is 2.53 bits per heavy atom. The van der Waals surface area contributed by atoms with Crippen molar-refractivity contribution < 1.29 is 22.3 Å². The molecule has 1 aromatic rings. The monoisotopic (exact) mass is 306 g/mol. The van der Waals surface area contributed by atoms with Gasteiger partial charge >= 0.3 is 5.97 Å². The Morgan fingerprint density at radius 2 is 1.95 bits per heavy atom. The van der Waals surface area contributed by atoms with E-state index in [0.717, 1.165) is 37.8 Å². The summed E-state index contributed by atoms with van der Waals surface area (Å²) in [6.07, 6.45) is 3.46. The molecular formula is C12H12ClFO4S. The third kappa shape index (κ3) is 3.45. The number of ether oxygens (including phenoxy) is 1. The fourth-order valence-electron chi connectivity index (χ4n) is 2.04. The van der Waals surface area contributed by atoms with Gasteiger partial charge in [-0.05, 0) is 43.9 Å². The highest BCUT2D eigenvalue weighted by Crippen LogP contribution is 2.24. The molecule has 7 heteroatoms. The van der Waals surface area contributed by atoms with E-state index in [0.29, 0.717) is 0 Å². The lowest BCUT2D eigenvalue weighted by molar-refractivity contribution is 0.0317. The van der Waals surface area contributed by atoms with E-state index < -0.39 is 25.7 Å². The van der Waals surface area contributed by atoms with Crippen LogP contribution in [0.2, 0.25) is 0 Å². The van der Waals surface area contributed by atoms with Crippen molar-refractivity contribution in [2.75, 3.05) is 0 Å². The first-order valence-electron chi connectivity index (χ1n) is 5.83. The van der Waals surface area contributed by atoms with Crippen LogP contribution in [0.1, 0.15) is 36.0 Å². The summed E-state index contributed by atoms with van der Waals surface area (Å²) in [5.41, 5.74) is -0.0208. The number of rotatable bonds is 3. The van der Waals surface area contributed by atoms with E-state index in [1.165, 1.54) is 6.07 Å². The zero-order valence-electron chi connectivity index (χ0n) is 9.93. The van der Waals surface area contributed by atoms with Crippen LogP contribution in [0.5, 0.6) is 0 Å². The molecule has 0 spiro atoms. The van der Waals surface area contributed by atoms with Gasteiger partial charge in [0.1, 0.15) is 16.8 Å². The minimum Gasteiger partial charge on any atom is -0.459 e. The van der Waals surface area contributed by atoms with Crippen LogP contribution in [0.4, 0.5) is 4.39 Å². The lowest BCUT2D eigenvalue weighted by Gasteiger charge is -2.11. The molecule has 1 aliphatic rings. The molecule has 1 fully saturated rings. The van der Waals surface area contributed by atoms with Crippen molar-refractivity contribution in [2.45, 2.75) is 36.7 Å². The Labute approximate surface area is 114 Å². The molecule has 1 saturated carbocycles. The largest absolute Gasteiger partial charge is 0.459 e.